The third kappa shape index (κ3) is 4.88. The van der Waals surface area contributed by atoms with Gasteiger partial charge in [0.2, 0.25) is 15.9 Å². The zero-order valence-corrected chi connectivity index (χ0v) is 17.0. The van der Waals surface area contributed by atoms with Crippen LogP contribution in [0.4, 0.5) is 0 Å². The van der Waals surface area contributed by atoms with Gasteiger partial charge in [-0.15, -0.1) is 0 Å². The van der Waals surface area contributed by atoms with E-state index in [1.807, 2.05) is 6.92 Å². The SMILES string of the molecule is CC(C)C(C)NC(=O)C1CCN(S(=O)(=O)c2ccc(Cl)c(Cl)c2)CC1. The van der Waals surface area contributed by atoms with Crippen molar-refractivity contribution in [2.75, 3.05) is 13.1 Å². The van der Waals surface area contributed by atoms with Crippen LogP contribution in [0.1, 0.15) is 33.6 Å². The average Bonchev–Trinajstić information content (AvgIpc) is 2.57. The molecule has 25 heavy (non-hydrogen) atoms. The number of hydrogen-bond donors (Lipinski definition) is 1. The Bertz CT molecular complexity index is 729. The Morgan fingerprint density at radius 1 is 1.16 bits per heavy atom. The van der Waals surface area contributed by atoms with Gasteiger partial charge in [0, 0.05) is 25.0 Å². The van der Waals surface area contributed by atoms with E-state index in [4.69, 9.17) is 23.2 Å². The molecule has 1 unspecified atom stereocenters. The predicted octanol–water partition coefficient (Wildman–Crippen LogP) is 3.55. The van der Waals surface area contributed by atoms with E-state index >= 15 is 0 Å². The molecule has 0 radical (unpaired) electrons. The molecule has 0 aromatic heterocycles. The van der Waals surface area contributed by atoms with Crippen LogP contribution in [-0.2, 0) is 14.8 Å². The molecule has 1 heterocycles. The molecule has 1 aromatic rings. The molecule has 0 saturated carbocycles. The Kier molecular flexibility index (Phi) is 6.76. The molecule has 1 atom stereocenters. The number of rotatable bonds is 5. The topological polar surface area (TPSA) is 66.5 Å². The summed E-state index contributed by atoms with van der Waals surface area (Å²) in [6.07, 6.45) is 1.02. The molecule has 1 aromatic carbocycles. The second-order valence-electron chi connectivity index (χ2n) is 6.80. The largest absolute Gasteiger partial charge is 0.353 e. The van der Waals surface area contributed by atoms with Crippen molar-refractivity contribution in [3.05, 3.63) is 28.2 Å². The summed E-state index contributed by atoms with van der Waals surface area (Å²) in [4.78, 5) is 12.4. The second-order valence-corrected chi connectivity index (χ2v) is 9.55. The lowest BCUT2D eigenvalue weighted by Crippen LogP contribution is -2.45. The molecule has 0 aliphatic carbocycles. The number of carbonyl (C=O) groups excluding carboxylic acids is 1. The van der Waals surface area contributed by atoms with Gasteiger partial charge in [-0.05, 0) is 43.9 Å². The first-order chi connectivity index (χ1) is 11.6. The van der Waals surface area contributed by atoms with Crippen LogP contribution in [-0.4, -0.2) is 37.8 Å². The number of hydrogen-bond acceptors (Lipinski definition) is 3. The van der Waals surface area contributed by atoms with Crippen LogP contribution in [0.25, 0.3) is 0 Å². The fraction of sp³-hybridized carbons (Fsp3) is 0.588. The fourth-order valence-electron chi connectivity index (χ4n) is 2.65. The Morgan fingerprint density at radius 2 is 1.76 bits per heavy atom. The van der Waals surface area contributed by atoms with Gasteiger partial charge < -0.3 is 5.32 Å². The molecular weight excluding hydrogens is 383 g/mol. The number of carbonyl (C=O) groups is 1. The van der Waals surface area contributed by atoms with Crippen LogP contribution in [0.3, 0.4) is 0 Å². The molecule has 1 N–H and O–H groups in total. The quantitative estimate of drug-likeness (QED) is 0.812. The first kappa shape index (κ1) is 20.5. The van der Waals surface area contributed by atoms with Crippen LogP contribution in [0.15, 0.2) is 23.1 Å². The van der Waals surface area contributed by atoms with Crippen molar-refractivity contribution >= 4 is 39.1 Å². The number of nitrogens with zero attached hydrogens (tertiary/aromatic N) is 1. The van der Waals surface area contributed by atoms with E-state index in [1.165, 1.54) is 22.5 Å². The van der Waals surface area contributed by atoms with Gasteiger partial charge in [-0.1, -0.05) is 37.0 Å². The minimum atomic E-state index is -3.63. The first-order valence-corrected chi connectivity index (χ1v) is 10.6. The van der Waals surface area contributed by atoms with Crippen LogP contribution in [0.2, 0.25) is 10.0 Å². The Balaban J connectivity index is 2.01. The fourth-order valence-corrected chi connectivity index (χ4v) is 4.51. The molecule has 1 fully saturated rings. The molecule has 8 heteroatoms. The van der Waals surface area contributed by atoms with Crippen LogP contribution < -0.4 is 5.32 Å². The van der Waals surface area contributed by atoms with Gasteiger partial charge in [0.1, 0.15) is 0 Å². The van der Waals surface area contributed by atoms with Gasteiger partial charge in [-0.2, -0.15) is 4.31 Å². The minimum Gasteiger partial charge on any atom is -0.353 e. The highest BCUT2D eigenvalue weighted by Crippen LogP contribution is 2.29. The van der Waals surface area contributed by atoms with Gasteiger partial charge in [0.15, 0.2) is 0 Å². The van der Waals surface area contributed by atoms with Gasteiger partial charge in [0.25, 0.3) is 0 Å². The minimum absolute atomic E-state index is 0.00721. The van der Waals surface area contributed by atoms with E-state index in [1.54, 1.807) is 0 Å². The number of sulfonamides is 1. The number of piperidine rings is 1. The average molecular weight is 407 g/mol. The van der Waals surface area contributed by atoms with E-state index in [9.17, 15) is 13.2 Å². The molecule has 2 rings (SSSR count). The zero-order chi connectivity index (χ0) is 18.8. The molecule has 1 saturated heterocycles. The Labute approximate surface area is 159 Å². The highest BCUT2D eigenvalue weighted by Gasteiger charge is 2.32. The summed E-state index contributed by atoms with van der Waals surface area (Å²) in [5, 5.41) is 3.53. The van der Waals surface area contributed by atoms with Crippen molar-refractivity contribution in [1.82, 2.24) is 9.62 Å². The molecule has 1 aliphatic rings. The van der Waals surface area contributed by atoms with Crippen molar-refractivity contribution in [2.24, 2.45) is 11.8 Å². The smallest absolute Gasteiger partial charge is 0.243 e. The van der Waals surface area contributed by atoms with Gasteiger partial charge in [0.05, 0.1) is 14.9 Å². The zero-order valence-electron chi connectivity index (χ0n) is 14.6. The summed E-state index contributed by atoms with van der Waals surface area (Å²) in [6, 6.07) is 4.39. The summed E-state index contributed by atoms with van der Waals surface area (Å²) < 4.78 is 26.8. The lowest BCUT2D eigenvalue weighted by atomic mass is 9.96. The van der Waals surface area contributed by atoms with Gasteiger partial charge in [-0.3, -0.25) is 4.79 Å². The third-order valence-corrected chi connectivity index (χ3v) is 7.36. The lowest BCUT2D eigenvalue weighted by Gasteiger charge is -2.31. The summed E-state index contributed by atoms with van der Waals surface area (Å²) in [7, 11) is -3.63. The predicted molar refractivity (Wildman–Crippen MR) is 100 cm³/mol. The second kappa shape index (κ2) is 8.25. The van der Waals surface area contributed by atoms with Gasteiger partial charge in [-0.25, -0.2) is 8.42 Å². The highest BCUT2D eigenvalue weighted by atomic mass is 35.5. The highest BCUT2D eigenvalue weighted by molar-refractivity contribution is 7.89. The summed E-state index contributed by atoms with van der Waals surface area (Å²) >= 11 is 11.8. The van der Waals surface area contributed by atoms with Crippen LogP contribution >= 0.6 is 23.2 Å². The van der Waals surface area contributed by atoms with Crippen molar-refractivity contribution < 1.29 is 13.2 Å². The van der Waals surface area contributed by atoms with E-state index < -0.39 is 10.0 Å². The number of nitrogens with one attached hydrogen (secondary N) is 1. The van der Waals surface area contributed by atoms with Crippen LogP contribution in [0, 0.1) is 11.8 Å². The first-order valence-electron chi connectivity index (χ1n) is 8.38. The number of halogens is 2. The third-order valence-electron chi connectivity index (χ3n) is 4.72. The standard InChI is InChI=1S/C17H24Cl2N2O3S/c1-11(2)12(3)20-17(22)13-6-8-21(9-7-13)25(23,24)14-4-5-15(18)16(19)10-14/h4-5,10-13H,6-9H2,1-3H3,(H,20,22). The summed E-state index contributed by atoms with van der Waals surface area (Å²) in [5.41, 5.74) is 0. The Hall–Kier alpha value is -0.820. The molecule has 140 valence electrons. The molecule has 1 aliphatic heterocycles. The maximum absolute atomic E-state index is 12.7. The van der Waals surface area contributed by atoms with E-state index in [0.29, 0.717) is 36.9 Å². The Morgan fingerprint density at radius 3 is 2.28 bits per heavy atom. The number of benzene rings is 1. The van der Waals surface area contributed by atoms with Crippen molar-refractivity contribution in [3.8, 4) is 0 Å². The molecule has 1 amide bonds. The van der Waals surface area contributed by atoms with Crippen molar-refractivity contribution in [3.63, 3.8) is 0 Å². The lowest BCUT2D eigenvalue weighted by molar-refractivity contribution is -0.127. The summed E-state index contributed by atoms with van der Waals surface area (Å²) in [6.45, 7) is 6.72. The monoisotopic (exact) mass is 406 g/mol. The van der Waals surface area contributed by atoms with Gasteiger partial charge >= 0.3 is 0 Å². The number of amides is 1. The summed E-state index contributed by atoms with van der Waals surface area (Å²) in [5.74, 6) is 0.216. The van der Waals surface area contributed by atoms with E-state index in [2.05, 4.69) is 19.2 Å². The normalized spacial score (nSPS) is 18.3. The molecular formula is C17H24Cl2N2O3S. The van der Waals surface area contributed by atoms with Crippen molar-refractivity contribution in [2.45, 2.75) is 44.6 Å². The maximum atomic E-state index is 12.7. The molecule has 0 bridgehead atoms. The van der Waals surface area contributed by atoms with Crippen LogP contribution in [0.5, 0.6) is 0 Å². The van der Waals surface area contributed by atoms with E-state index in [0.717, 1.165) is 0 Å². The molecule has 5 nitrogen and oxygen atoms in total. The van der Waals surface area contributed by atoms with E-state index in [-0.39, 0.29) is 27.8 Å². The van der Waals surface area contributed by atoms with Crippen molar-refractivity contribution in [1.29, 1.82) is 0 Å². The molecule has 0 spiro atoms. The maximum Gasteiger partial charge on any atom is 0.243 e.